The number of aromatic nitrogens is 1. The average molecular weight is 193 g/mol. The van der Waals surface area contributed by atoms with E-state index in [1.807, 2.05) is 12.3 Å². The molecule has 4 heteroatoms. The van der Waals surface area contributed by atoms with Gasteiger partial charge < -0.3 is 15.4 Å². The van der Waals surface area contributed by atoms with Gasteiger partial charge in [-0.2, -0.15) is 0 Å². The first-order chi connectivity index (χ1) is 6.90. The van der Waals surface area contributed by atoms with Crippen LogP contribution in [0.1, 0.15) is 11.6 Å². The zero-order valence-electron chi connectivity index (χ0n) is 8.29. The molecule has 1 aromatic heterocycles. The first kappa shape index (κ1) is 9.43. The molecule has 1 fully saturated rings. The molecule has 1 aromatic rings. The Hall–Kier alpha value is -1.13. The molecule has 4 nitrogen and oxygen atoms in total. The zero-order chi connectivity index (χ0) is 9.80. The predicted octanol–water partition coefficient (Wildman–Crippen LogP) is 0.324. The van der Waals surface area contributed by atoms with Gasteiger partial charge in [0.05, 0.1) is 13.3 Å². The Labute approximate surface area is 83.7 Å². The number of rotatable bonds is 2. The molecule has 0 unspecified atom stereocenters. The van der Waals surface area contributed by atoms with Gasteiger partial charge in [-0.25, -0.2) is 0 Å². The largest absolute Gasteiger partial charge is 0.495 e. The van der Waals surface area contributed by atoms with Crippen molar-refractivity contribution in [2.45, 2.75) is 6.04 Å². The highest BCUT2D eigenvalue weighted by Crippen LogP contribution is 2.17. The highest BCUT2D eigenvalue weighted by Gasteiger charge is 2.14. The van der Waals surface area contributed by atoms with Crippen LogP contribution in [0.5, 0.6) is 5.75 Å². The molecule has 14 heavy (non-hydrogen) atoms. The molecule has 0 aliphatic carbocycles. The van der Waals surface area contributed by atoms with Gasteiger partial charge in [-0.1, -0.05) is 0 Å². The maximum Gasteiger partial charge on any atom is 0.137 e. The molecule has 0 saturated carbocycles. The fraction of sp³-hybridized carbons (Fsp3) is 0.500. The summed E-state index contributed by atoms with van der Waals surface area (Å²) in [5.74, 6) is 0.815. The fourth-order valence-corrected chi connectivity index (χ4v) is 1.63. The van der Waals surface area contributed by atoms with Crippen LogP contribution in [0.25, 0.3) is 0 Å². The molecule has 0 amide bonds. The van der Waals surface area contributed by atoms with E-state index < -0.39 is 0 Å². The lowest BCUT2D eigenvalue weighted by Crippen LogP contribution is -2.42. The number of piperazine rings is 1. The predicted molar refractivity (Wildman–Crippen MR) is 54.4 cm³/mol. The summed E-state index contributed by atoms with van der Waals surface area (Å²) in [6.45, 7) is 2.99. The van der Waals surface area contributed by atoms with E-state index in [1.165, 1.54) is 5.56 Å². The van der Waals surface area contributed by atoms with Gasteiger partial charge in [-0.15, -0.1) is 0 Å². The molecule has 1 atom stereocenters. The van der Waals surface area contributed by atoms with Gasteiger partial charge in [0.2, 0.25) is 0 Å². The van der Waals surface area contributed by atoms with E-state index in [1.54, 1.807) is 13.3 Å². The molecule has 0 radical (unpaired) electrons. The maximum absolute atomic E-state index is 5.13. The quantitative estimate of drug-likeness (QED) is 0.710. The third-order valence-electron chi connectivity index (χ3n) is 2.41. The lowest BCUT2D eigenvalue weighted by Gasteiger charge is -2.24. The van der Waals surface area contributed by atoms with Gasteiger partial charge in [-0.05, 0) is 11.6 Å². The number of pyridine rings is 1. The zero-order valence-corrected chi connectivity index (χ0v) is 8.29. The van der Waals surface area contributed by atoms with Crippen LogP contribution in [0.4, 0.5) is 0 Å². The van der Waals surface area contributed by atoms with Gasteiger partial charge in [0.15, 0.2) is 0 Å². The number of methoxy groups -OCH3 is 1. The van der Waals surface area contributed by atoms with Gasteiger partial charge >= 0.3 is 0 Å². The molecule has 2 heterocycles. The van der Waals surface area contributed by atoms with Crippen LogP contribution in [-0.2, 0) is 0 Å². The van der Waals surface area contributed by atoms with Crippen LogP contribution in [0.2, 0.25) is 0 Å². The van der Waals surface area contributed by atoms with E-state index in [0.29, 0.717) is 6.04 Å². The second-order valence-electron chi connectivity index (χ2n) is 3.37. The Morgan fingerprint density at radius 3 is 3.07 bits per heavy atom. The standard InChI is InChI=1S/C10H15N3O/c1-14-9-4-8(5-12-6-9)10-7-11-2-3-13-10/h4-6,10-11,13H,2-3,7H2,1H3/t10-/m0/s1. The van der Waals surface area contributed by atoms with Crippen LogP contribution in [0, 0.1) is 0 Å². The van der Waals surface area contributed by atoms with Crippen molar-refractivity contribution in [3.63, 3.8) is 0 Å². The van der Waals surface area contributed by atoms with Gasteiger partial charge in [0.1, 0.15) is 5.75 Å². The number of ether oxygens (including phenoxy) is 1. The molecule has 2 rings (SSSR count). The first-order valence-electron chi connectivity index (χ1n) is 4.83. The second kappa shape index (κ2) is 4.39. The van der Waals surface area contributed by atoms with E-state index in [-0.39, 0.29) is 0 Å². The van der Waals surface area contributed by atoms with E-state index in [2.05, 4.69) is 15.6 Å². The molecular weight excluding hydrogens is 178 g/mol. The SMILES string of the molecule is COc1cncc([C@@H]2CNCCN2)c1. The highest BCUT2D eigenvalue weighted by molar-refractivity contribution is 5.26. The van der Waals surface area contributed by atoms with Crippen molar-refractivity contribution in [3.05, 3.63) is 24.0 Å². The van der Waals surface area contributed by atoms with Gasteiger partial charge in [-0.3, -0.25) is 4.98 Å². The summed E-state index contributed by atoms with van der Waals surface area (Å²) in [5.41, 5.74) is 1.18. The summed E-state index contributed by atoms with van der Waals surface area (Å²) in [6.07, 6.45) is 3.60. The van der Waals surface area contributed by atoms with E-state index in [9.17, 15) is 0 Å². The third kappa shape index (κ3) is 2.02. The Morgan fingerprint density at radius 1 is 1.43 bits per heavy atom. The lowest BCUT2D eigenvalue weighted by molar-refractivity contribution is 0.404. The minimum Gasteiger partial charge on any atom is -0.495 e. The Morgan fingerprint density at radius 2 is 2.36 bits per heavy atom. The van der Waals surface area contributed by atoms with E-state index in [0.717, 1.165) is 25.4 Å². The first-order valence-corrected chi connectivity index (χ1v) is 4.83. The lowest BCUT2D eigenvalue weighted by atomic mass is 10.1. The van der Waals surface area contributed by atoms with Gasteiger partial charge in [0.25, 0.3) is 0 Å². The average Bonchev–Trinajstić information content (AvgIpc) is 2.30. The van der Waals surface area contributed by atoms with Crippen LogP contribution >= 0.6 is 0 Å². The molecule has 0 bridgehead atoms. The topological polar surface area (TPSA) is 46.2 Å². The van der Waals surface area contributed by atoms with Crippen LogP contribution < -0.4 is 15.4 Å². The van der Waals surface area contributed by atoms with E-state index >= 15 is 0 Å². The Balaban J connectivity index is 2.13. The van der Waals surface area contributed by atoms with Crippen LogP contribution in [0.15, 0.2) is 18.5 Å². The van der Waals surface area contributed by atoms with Crippen LogP contribution in [-0.4, -0.2) is 31.7 Å². The number of hydrogen-bond acceptors (Lipinski definition) is 4. The number of hydrogen-bond donors (Lipinski definition) is 2. The molecule has 76 valence electrons. The maximum atomic E-state index is 5.13. The molecule has 1 aliphatic rings. The summed E-state index contributed by atoms with van der Waals surface area (Å²) in [5, 5.41) is 6.77. The van der Waals surface area contributed by atoms with Crippen molar-refractivity contribution >= 4 is 0 Å². The molecule has 0 spiro atoms. The van der Waals surface area contributed by atoms with Crippen molar-refractivity contribution in [2.24, 2.45) is 0 Å². The molecular formula is C10H15N3O. The summed E-state index contributed by atoms with van der Waals surface area (Å²) >= 11 is 0. The minimum absolute atomic E-state index is 0.353. The van der Waals surface area contributed by atoms with Crippen molar-refractivity contribution in [2.75, 3.05) is 26.7 Å². The van der Waals surface area contributed by atoms with Crippen molar-refractivity contribution in [3.8, 4) is 5.75 Å². The Kier molecular flexibility index (Phi) is 2.96. The summed E-state index contributed by atoms with van der Waals surface area (Å²) < 4.78 is 5.13. The molecule has 0 aromatic carbocycles. The molecule has 2 N–H and O–H groups in total. The van der Waals surface area contributed by atoms with Crippen molar-refractivity contribution in [1.82, 2.24) is 15.6 Å². The Bertz CT molecular complexity index is 297. The number of nitrogens with one attached hydrogen (secondary N) is 2. The van der Waals surface area contributed by atoms with Crippen molar-refractivity contribution in [1.29, 1.82) is 0 Å². The summed E-state index contributed by atoms with van der Waals surface area (Å²) in [6, 6.07) is 2.38. The van der Waals surface area contributed by atoms with Crippen molar-refractivity contribution < 1.29 is 4.74 Å². The molecule has 1 aliphatic heterocycles. The summed E-state index contributed by atoms with van der Waals surface area (Å²) in [7, 11) is 1.66. The smallest absolute Gasteiger partial charge is 0.137 e. The molecule has 1 saturated heterocycles. The van der Waals surface area contributed by atoms with Crippen LogP contribution in [0.3, 0.4) is 0 Å². The number of nitrogens with zero attached hydrogens (tertiary/aromatic N) is 1. The third-order valence-corrected chi connectivity index (χ3v) is 2.41. The van der Waals surface area contributed by atoms with E-state index in [4.69, 9.17) is 4.74 Å². The monoisotopic (exact) mass is 193 g/mol. The summed E-state index contributed by atoms with van der Waals surface area (Å²) in [4.78, 5) is 4.14. The minimum atomic E-state index is 0.353. The highest BCUT2D eigenvalue weighted by atomic mass is 16.5. The second-order valence-corrected chi connectivity index (χ2v) is 3.37. The normalized spacial score (nSPS) is 21.9. The van der Waals surface area contributed by atoms with Gasteiger partial charge in [0, 0.05) is 31.9 Å². The fourth-order valence-electron chi connectivity index (χ4n) is 1.63.